The fourth-order valence-corrected chi connectivity index (χ4v) is 0.576. The number of rotatable bonds is 5. The molecule has 0 aliphatic heterocycles. The van der Waals surface area contributed by atoms with E-state index in [2.05, 4.69) is 0 Å². The van der Waals surface area contributed by atoms with E-state index in [0.717, 1.165) is 13.1 Å². The minimum absolute atomic E-state index is 0.0938. The highest BCUT2D eigenvalue weighted by atomic mass is 16.7. The van der Waals surface area contributed by atoms with Gasteiger partial charge in [0.2, 0.25) is 0 Å². The Balaban J connectivity index is 3.09. The van der Waals surface area contributed by atoms with Crippen molar-refractivity contribution in [1.82, 2.24) is 5.06 Å². The van der Waals surface area contributed by atoms with Crippen molar-refractivity contribution in [2.24, 2.45) is 0 Å². The number of nitrogens with zero attached hydrogens (tertiary/aromatic N) is 1. The maximum atomic E-state index is 8.35. The van der Waals surface area contributed by atoms with Gasteiger partial charge >= 0.3 is 0 Å². The predicted molar refractivity (Wildman–Crippen MR) is 36.0 cm³/mol. The van der Waals surface area contributed by atoms with Crippen LogP contribution in [0.25, 0.3) is 0 Å². The summed E-state index contributed by atoms with van der Waals surface area (Å²) in [4.78, 5) is 5.07. The van der Waals surface area contributed by atoms with E-state index >= 15 is 0 Å². The van der Waals surface area contributed by atoms with Gasteiger partial charge in [0.05, 0.1) is 13.2 Å². The second kappa shape index (κ2) is 6.01. The van der Waals surface area contributed by atoms with E-state index in [1.807, 2.05) is 13.8 Å². The average molecular weight is 133 g/mol. The molecule has 0 aromatic heterocycles. The van der Waals surface area contributed by atoms with Crippen molar-refractivity contribution in [3.8, 4) is 0 Å². The van der Waals surface area contributed by atoms with E-state index in [-0.39, 0.29) is 6.61 Å². The van der Waals surface area contributed by atoms with Crippen LogP contribution in [-0.4, -0.2) is 36.5 Å². The van der Waals surface area contributed by atoms with E-state index in [1.165, 1.54) is 0 Å². The molecular formula is C6H15NO2. The third-order valence-corrected chi connectivity index (χ3v) is 1.07. The van der Waals surface area contributed by atoms with Gasteiger partial charge in [-0.1, -0.05) is 13.8 Å². The third-order valence-electron chi connectivity index (χ3n) is 1.07. The molecule has 0 saturated carbocycles. The molecule has 3 heteroatoms. The van der Waals surface area contributed by atoms with Crippen molar-refractivity contribution in [2.45, 2.75) is 13.8 Å². The van der Waals surface area contributed by atoms with Gasteiger partial charge in [0.1, 0.15) is 0 Å². The van der Waals surface area contributed by atoms with E-state index in [4.69, 9.17) is 9.94 Å². The van der Waals surface area contributed by atoms with Gasteiger partial charge in [0.15, 0.2) is 0 Å². The largest absolute Gasteiger partial charge is 0.394 e. The fourth-order valence-electron chi connectivity index (χ4n) is 0.576. The van der Waals surface area contributed by atoms with Crippen molar-refractivity contribution < 1.29 is 9.94 Å². The second-order valence-electron chi connectivity index (χ2n) is 1.67. The Bertz CT molecular complexity index is 55.0. The normalized spacial score (nSPS) is 10.7. The maximum Gasteiger partial charge on any atom is 0.0916 e. The quantitative estimate of drug-likeness (QED) is 0.546. The van der Waals surface area contributed by atoms with Gasteiger partial charge in [-0.15, -0.1) is 0 Å². The van der Waals surface area contributed by atoms with E-state index in [9.17, 15) is 0 Å². The summed E-state index contributed by atoms with van der Waals surface area (Å²) < 4.78 is 0. The summed E-state index contributed by atoms with van der Waals surface area (Å²) in [7, 11) is 0. The lowest BCUT2D eigenvalue weighted by molar-refractivity contribution is -0.159. The monoisotopic (exact) mass is 133 g/mol. The molecule has 0 spiro atoms. The van der Waals surface area contributed by atoms with Crippen molar-refractivity contribution in [2.75, 3.05) is 26.3 Å². The number of aliphatic hydroxyl groups is 1. The summed E-state index contributed by atoms with van der Waals surface area (Å²) in [6, 6.07) is 0. The Morgan fingerprint density at radius 1 is 1.33 bits per heavy atom. The van der Waals surface area contributed by atoms with Crippen LogP contribution in [0.2, 0.25) is 0 Å². The molecule has 0 fully saturated rings. The Morgan fingerprint density at radius 3 is 2.22 bits per heavy atom. The standard InChI is InChI=1S/C6H15NO2/c1-3-7(4-2)9-6-5-8/h8H,3-6H2,1-2H3. The Morgan fingerprint density at radius 2 is 1.89 bits per heavy atom. The third kappa shape index (κ3) is 4.39. The summed E-state index contributed by atoms with van der Waals surface area (Å²) >= 11 is 0. The molecule has 0 rings (SSSR count). The molecule has 0 bridgehead atoms. The van der Waals surface area contributed by atoms with Crippen LogP contribution >= 0.6 is 0 Å². The molecule has 9 heavy (non-hydrogen) atoms. The van der Waals surface area contributed by atoms with Crippen LogP contribution in [-0.2, 0) is 4.84 Å². The Kier molecular flexibility index (Phi) is 5.93. The Hall–Kier alpha value is -0.120. The first kappa shape index (κ1) is 8.88. The van der Waals surface area contributed by atoms with E-state index in [1.54, 1.807) is 5.06 Å². The molecule has 0 heterocycles. The molecule has 0 aliphatic carbocycles. The minimum Gasteiger partial charge on any atom is -0.394 e. The first-order valence-electron chi connectivity index (χ1n) is 3.33. The highest BCUT2D eigenvalue weighted by Gasteiger charge is 1.95. The second-order valence-corrected chi connectivity index (χ2v) is 1.67. The zero-order valence-corrected chi connectivity index (χ0v) is 6.13. The molecule has 0 aromatic rings. The lowest BCUT2D eigenvalue weighted by Gasteiger charge is -2.16. The fraction of sp³-hybridized carbons (Fsp3) is 1.00. The molecule has 1 N–H and O–H groups in total. The smallest absolute Gasteiger partial charge is 0.0916 e. The first-order chi connectivity index (χ1) is 4.35. The molecular weight excluding hydrogens is 118 g/mol. The van der Waals surface area contributed by atoms with Gasteiger partial charge in [-0.25, -0.2) is 0 Å². The van der Waals surface area contributed by atoms with Crippen LogP contribution in [0.4, 0.5) is 0 Å². The zero-order valence-electron chi connectivity index (χ0n) is 6.13. The molecule has 56 valence electrons. The summed E-state index contributed by atoms with van der Waals surface area (Å²) in [5, 5.41) is 10.2. The van der Waals surface area contributed by atoms with Crippen LogP contribution in [0.5, 0.6) is 0 Å². The number of aliphatic hydroxyl groups excluding tert-OH is 1. The highest BCUT2D eigenvalue weighted by molar-refractivity contribution is 4.32. The average Bonchev–Trinajstić information content (AvgIpc) is 1.91. The molecule has 0 aromatic carbocycles. The minimum atomic E-state index is 0.0938. The number of hydroxylamine groups is 2. The van der Waals surface area contributed by atoms with Crippen molar-refractivity contribution in [3.63, 3.8) is 0 Å². The van der Waals surface area contributed by atoms with Gasteiger partial charge in [0, 0.05) is 13.1 Å². The predicted octanol–water partition coefficient (Wildman–Crippen LogP) is 0.252. The van der Waals surface area contributed by atoms with Crippen molar-refractivity contribution in [3.05, 3.63) is 0 Å². The molecule has 0 unspecified atom stereocenters. The van der Waals surface area contributed by atoms with E-state index < -0.39 is 0 Å². The van der Waals surface area contributed by atoms with Crippen molar-refractivity contribution in [1.29, 1.82) is 0 Å². The van der Waals surface area contributed by atoms with Crippen LogP contribution in [0.1, 0.15) is 13.8 Å². The van der Waals surface area contributed by atoms with Gasteiger partial charge in [-0.05, 0) is 0 Å². The van der Waals surface area contributed by atoms with Crippen LogP contribution in [0.3, 0.4) is 0 Å². The molecule has 0 amide bonds. The summed E-state index contributed by atoms with van der Waals surface area (Å²) in [5.41, 5.74) is 0. The van der Waals surface area contributed by atoms with Crippen LogP contribution in [0, 0.1) is 0 Å². The first-order valence-corrected chi connectivity index (χ1v) is 3.33. The zero-order chi connectivity index (χ0) is 7.11. The summed E-state index contributed by atoms with van der Waals surface area (Å²) in [6.45, 7) is 6.27. The van der Waals surface area contributed by atoms with E-state index in [0.29, 0.717) is 6.61 Å². The van der Waals surface area contributed by atoms with Crippen molar-refractivity contribution >= 4 is 0 Å². The summed E-state index contributed by atoms with van der Waals surface area (Å²) in [5.74, 6) is 0. The van der Waals surface area contributed by atoms with Gasteiger partial charge in [-0.2, -0.15) is 5.06 Å². The van der Waals surface area contributed by atoms with Crippen LogP contribution < -0.4 is 0 Å². The topological polar surface area (TPSA) is 32.7 Å². The van der Waals surface area contributed by atoms with Crippen LogP contribution in [0.15, 0.2) is 0 Å². The van der Waals surface area contributed by atoms with Gasteiger partial charge in [0.25, 0.3) is 0 Å². The molecule has 0 saturated heterocycles. The number of hydrogen-bond donors (Lipinski definition) is 1. The highest BCUT2D eigenvalue weighted by Crippen LogP contribution is 1.86. The number of hydrogen-bond acceptors (Lipinski definition) is 3. The summed E-state index contributed by atoms with van der Waals surface area (Å²) in [6.07, 6.45) is 0. The molecule has 0 aliphatic rings. The lowest BCUT2D eigenvalue weighted by atomic mass is 10.6. The SMILES string of the molecule is CCN(CC)OCCO. The molecule has 0 radical (unpaired) electrons. The lowest BCUT2D eigenvalue weighted by Crippen LogP contribution is -2.24. The Labute approximate surface area is 56.2 Å². The molecule has 3 nitrogen and oxygen atoms in total. The maximum absolute atomic E-state index is 8.35. The molecule has 0 atom stereocenters. The van der Waals surface area contributed by atoms with Gasteiger partial charge < -0.3 is 5.11 Å². The van der Waals surface area contributed by atoms with Gasteiger partial charge in [-0.3, -0.25) is 4.84 Å².